The quantitative estimate of drug-likeness (QED) is 0.559. The molecule has 1 saturated heterocycles. The van der Waals surface area contributed by atoms with Crippen molar-refractivity contribution in [2.24, 2.45) is 0 Å². The highest BCUT2D eigenvalue weighted by atomic mass is 16.5. The van der Waals surface area contributed by atoms with Crippen molar-refractivity contribution in [2.45, 2.75) is 57.2 Å². The Morgan fingerprint density at radius 3 is 2.89 bits per heavy atom. The summed E-state index contributed by atoms with van der Waals surface area (Å²) in [6, 6.07) is 0. The number of hydrogen-bond donors (Lipinski definition) is 1. The van der Waals surface area contributed by atoms with Crippen molar-refractivity contribution in [3.8, 4) is 0 Å². The third-order valence-electron chi connectivity index (χ3n) is 4.00. The predicted octanol–water partition coefficient (Wildman–Crippen LogP) is 2.66. The van der Waals surface area contributed by atoms with Crippen LogP contribution in [0.15, 0.2) is 12.2 Å². The van der Waals surface area contributed by atoms with Crippen LogP contribution in [0.4, 0.5) is 0 Å². The van der Waals surface area contributed by atoms with E-state index in [0.717, 1.165) is 25.3 Å². The maximum Gasteiger partial charge on any atom is 0.0708 e. The van der Waals surface area contributed by atoms with Gasteiger partial charge in [-0.3, -0.25) is 0 Å². The Morgan fingerprint density at radius 1 is 1.39 bits per heavy atom. The highest BCUT2D eigenvalue weighted by molar-refractivity contribution is 4.93. The molecule has 0 bridgehead atoms. The first-order chi connectivity index (χ1) is 8.70. The van der Waals surface area contributed by atoms with E-state index in [1.807, 2.05) is 6.92 Å². The van der Waals surface area contributed by atoms with Gasteiger partial charge in [-0.25, -0.2) is 0 Å². The third kappa shape index (κ3) is 4.08. The van der Waals surface area contributed by atoms with Gasteiger partial charge in [0.15, 0.2) is 0 Å². The maximum absolute atomic E-state index is 6.24. The SMILES string of the molecule is C=C(C)COCCNCC1CCC2(CCCC2)O1. The molecule has 0 aromatic heterocycles. The molecule has 0 amide bonds. The van der Waals surface area contributed by atoms with Crippen LogP contribution in [-0.2, 0) is 9.47 Å². The molecule has 1 N–H and O–H groups in total. The summed E-state index contributed by atoms with van der Waals surface area (Å²) in [5.74, 6) is 0. The second-order valence-electron chi connectivity index (χ2n) is 5.88. The predicted molar refractivity (Wildman–Crippen MR) is 73.8 cm³/mol. The minimum absolute atomic E-state index is 0.267. The third-order valence-corrected chi connectivity index (χ3v) is 4.00. The average Bonchev–Trinajstić information content (AvgIpc) is 2.95. The summed E-state index contributed by atoms with van der Waals surface area (Å²) < 4.78 is 11.7. The lowest BCUT2D eigenvalue weighted by molar-refractivity contribution is -0.0354. The van der Waals surface area contributed by atoms with E-state index in [4.69, 9.17) is 9.47 Å². The van der Waals surface area contributed by atoms with Crippen molar-refractivity contribution < 1.29 is 9.47 Å². The van der Waals surface area contributed by atoms with Crippen LogP contribution in [0, 0.1) is 0 Å². The normalized spacial score (nSPS) is 25.9. The maximum atomic E-state index is 6.24. The second kappa shape index (κ2) is 6.69. The van der Waals surface area contributed by atoms with E-state index < -0.39 is 0 Å². The van der Waals surface area contributed by atoms with Crippen LogP contribution < -0.4 is 5.32 Å². The van der Waals surface area contributed by atoms with E-state index in [0.29, 0.717) is 12.7 Å². The summed E-state index contributed by atoms with van der Waals surface area (Å²) in [4.78, 5) is 0. The van der Waals surface area contributed by atoms with Crippen molar-refractivity contribution >= 4 is 0 Å². The molecule has 2 rings (SSSR count). The van der Waals surface area contributed by atoms with Gasteiger partial charge in [-0.15, -0.1) is 0 Å². The van der Waals surface area contributed by atoms with Crippen LogP contribution >= 0.6 is 0 Å². The van der Waals surface area contributed by atoms with Crippen LogP contribution in [0.1, 0.15) is 45.4 Å². The van der Waals surface area contributed by atoms with Gasteiger partial charge in [0.1, 0.15) is 0 Å². The van der Waals surface area contributed by atoms with Crippen LogP contribution in [0.2, 0.25) is 0 Å². The van der Waals surface area contributed by atoms with Crippen LogP contribution in [-0.4, -0.2) is 38.0 Å². The van der Waals surface area contributed by atoms with E-state index >= 15 is 0 Å². The van der Waals surface area contributed by atoms with E-state index in [1.165, 1.54) is 38.5 Å². The fraction of sp³-hybridized carbons (Fsp3) is 0.867. The van der Waals surface area contributed by atoms with Crippen molar-refractivity contribution in [2.75, 3.05) is 26.3 Å². The van der Waals surface area contributed by atoms with Gasteiger partial charge in [0.05, 0.1) is 24.9 Å². The zero-order valence-electron chi connectivity index (χ0n) is 11.7. The van der Waals surface area contributed by atoms with Crippen LogP contribution in [0.25, 0.3) is 0 Å². The first-order valence-electron chi connectivity index (χ1n) is 7.31. The Balaban J connectivity index is 1.51. The van der Waals surface area contributed by atoms with Crippen molar-refractivity contribution in [1.29, 1.82) is 0 Å². The van der Waals surface area contributed by atoms with E-state index in [2.05, 4.69) is 11.9 Å². The Labute approximate surface area is 111 Å². The summed E-state index contributed by atoms with van der Waals surface area (Å²) in [6.45, 7) is 9.10. The van der Waals surface area contributed by atoms with Gasteiger partial charge in [0.25, 0.3) is 0 Å². The highest BCUT2D eigenvalue weighted by Gasteiger charge is 2.41. The molecule has 1 unspecified atom stereocenters. The van der Waals surface area contributed by atoms with Gasteiger partial charge in [-0.2, -0.15) is 0 Å². The molecule has 1 aliphatic heterocycles. The van der Waals surface area contributed by atoms with Crippen molar-refractivity contribution in [3.05, 3.63) is 12.2 Å². The molecule has 3 nitrogen and oxygen atoms in total. The molecule has 0 radical (unpaired) electrons. The Morgan fingerprint density at radius 2 is 2.17 bits per heavy atom. The topological polar surface area (TPSA) is 30.5 Å². The largest absolute Gasteiger partial charge is 0.376 e. The molecule has 18 heavy (non-hydrogen) atoms. The molecule has 1 saturated carbocycles. The molecule has 1 atom stereocenters. The fourth-order valence-corrected chi connectivity index (χ4v) is 3.08. The Bertz CT molecular complexity index is 272. The molecule has 1 heterocycles. The minimum atomic E-state index is 0.267. The summed E-state index contributed by atoms with van der Waals surface area (Å²) in [6.07, 6.45) is 8.19. The number of rotatable bonds is 7. The number of hydrogen-bond acceptors (Lipinski definition) is 3. The molecule has 0 aromatic carbocycles. The molecule has 3 heteroatoms. The number of nitrogens with one attached hydrogen (secondary N) is 1. The van der Waals surface area contributed by atoms with Gasteiger partial charge < -0.3 is 14.8 Å². The molecule has 104 valence electrons. The first-order valence-corrected chi connectivity index (χ1v) is 7.31. The monoisotopic (exact) mass is 253 g/mol. The van der Waals surface area contributed by atoms with Gasteiger partial charge in [-0.1, -0.05) is 25.0 Å². The summed E-state index contributed by atoms with van der Waals surface area (Å²) in [7, 11) is 0. The van der Waals surface area contributed by atoms with Crippen LogP contribution in [0.3, 0.4) is 0 Å². The van der Waals surface area contributed by atoms with Gasteiger partial charge in [0.2, 0.25) is 0 Å². The zero-order chi connectivity index (χ0) is 12.8. The lowest BCUT2D eigenvalue weighted by Crippen LogP contribution is -2.32. The smallest absolute Gasteiger partial charge is 0.0708 e. The molecule has 1 spiro atoms. The summed E-state index contributed by atoms with van der Waals surface area (Å²) in [5.41, 5.74) is 1.35. The molecule has 1 aliphatic carbocycles. The van der Waals surface area contributed by atoms with E-state index in [-0.39, 0.29) is 5.60 Å². The summed E-state index contributed by atoms with van der Waals surface area (Å²) in [5, 5.41) is 3.43. The lowest BCUT2D eigenvalue weighted by atomic mass is 9.98. The summed E-state index contributed by atoms with van der Waals surface area (Å²) >= 11 is 0. The molecule has 2 fully saturated rings. The molecular formula is C15H27NO2. The molecule has 0 aromatic rings. The van der Waals surface area contributed by atoms with Gasteiger partial charge in [-0.05, 0) is 32.6 Å². The van der Waals surface area contributed by atoms with E-state index in [1.54, 1.807) is 0 Å². The molecular weight excluding hydrogens is 226 g/mol. The number of ether oxygens (including phenoxy) is 2. The lowest BCUT2D eigenvalue weighted by Gasteiger charge is -2.23. The fourth-order valence-electron chi connectivity index (χ4n) is 3.08. The van der Waals surface area contributed by atoms with Crippen molar-refractivity contribution in [1.82, 2.24) is 5.32 Å². The minimum Gasteiger partial charge on any atom is -0.376 e. The molecule has 2 aliphatic rings. The Kier molecular flexibility index (Phi) is 5.22. The standard InChI is InChI=1S/C15H27NO2/c1-13(2)12-17-10-9-16-11-14-5-8-15(18-14)6-3-4-7-15/h14,16H,1,3-12H2,2H3. The van der Waals surface area contributed by atoms with Gasteiger partial charge >= 0.3 is 0 Å². The van der Waals surface area contributed by atoms with Gasteiger partial charge in [0, 0.05) is 13.1 Å². The highest BCUT2D eigenvalue weighted by Crippen LogP contribution is 2.42. The Hall–Kier alpha value is -0.380. The van der Waals surface area contributed by atoms with Crippen LogP contribution in [0.5, 0.6) is 0 Å². The second-order valence-corrected chi connectivity index (χ2v) is 5.88. The van der Waals surface area contributed by atoms with Crippen molar-refractivity contribution in [3.63, 3.8) is 0 Å². The first kappa shape index (κ1) is 14.0. The average molecular weight is 253 g/mol. The zero-order valence-corrected chi connectivity index (χ0v) is 11.7. The van der Waals surface area contributed by atoms with E-state index in [9.17, 15) is 0 Å².